The summed E-state index contributed by atoms with van der Waals surface area (Å²) < 4.78 is 4.73. The topological polar surface area (TPSA) is 116 Å². The predicted molar refractivity (Wildman–Crippen MR) is 89.9 cm³/mol. The molecule has 8 heteroatoms. The summed E-state index contributed by atoms with van der Waals surface area (Å²) in [4.78, 5) is 14.8. The number of nitrogens with zero attached hydrogens (tertiary/aromatic N) is 3. The van der Waals surface area contributed by atoms with Gasteiger partial charge in [0.15, 0.2) is 0 Å². The summed E-state index contributed by atoms with van der Waals surface area (Å²) >= 11 is 0. The van der Waals surface area contributed by atoms with E-state index in [0.29, 0.717) is 0 Å². The maximum atomic E-state index is 12.1. The minimum Gasteiger partial charge on any atom is -0.469 e. The molecule has 0 aromatic heterocycles. The molecular weight excluding hydrogens is 314 g/mol. The van der Waals surface area contributed by atoms with Crippen LogP contribution in [0.5, 0.6) is 0 Å². The summed E-state index contributed by atoms with van der Waals surface area (Å²) in [6.45, 7) is 5.36. The van der Waals surface area contributed by atoms with Gasteiger partial charge < -0.3 is 14.9 Å². The Balaban J connectivity index is 3.45. The highest BCUT2D eigenvalue weighted by Crippen LogP contribution is 2.33. The summed E-state index contributed by atoms with van der Waals surface area (Å²) in [5.74, 6) is -0.719. The summed E-state index contributed by atoms with van der Waals surface area (Å²) in [7, 11) is -1.29. The molecule has 1 aromatic rings. The molecule has 0 heterocycles. The molecular formula is C15H23N3O4Si. The number of rotatable bonds is 7. The van der Waals surface area contributed by atoms with E-state index in [-0.39, 0.29) is 0 Å². The molecule has 1 rings (SSSR count). The van der Waals surface area contributed by atoms with Gasteiger partial charge in [-0.25, -0.2) is 0 Å². The SMILES string of the molecule is COC(=O)[C@H](N=[N+]=[N-])[C@@H]([C@@H](O)[C@H](C)O)[Si](C)(C)c1ccccc1. The van der Waals surface area contributed by atoms with Crippen LogP contribution in [0.2, 0.25) is 18.6 Å². The molecule has 0 aliphatic heterocycles. The van der Waals surface area contributed by atoms with Crippen LogP contribution in [-0.4, -0.2) is 49.6 Å². The quantitative estimate of drug-likeness (QED) is 0.258. The van der Waals surface area contributed by atoms with Gasteiger partial charge in [0, 0.05) is 10.5 Å². The Morgan fingerprint density at radius 3 is 2.30 bits per heavy atom. The van der Waals surface area contributed by atoms with Crippen molar-refractivity contribution < 1.29 is 19.7 Å². The fourth-order valence-electron chi connectivity index (χ4n) is 2.81. The zero-order valence-corrected chi connectivity index (χ0v) is 14.7. The van der Waals surface area contributed by atoms with Crippen LogP contribution in [-0.2, 0) is 9.53 Å². The van der Waals surface area contributed by atoms with Gasteiger partial charge in [-0.15, -0.1) is 0 Å². The number of carbonyl (C=O) groups excluding carboxylic acids is 1. The zero-order chi connectivity index (χ0) is 17.6. The van der Waals surface area contributed by atoms with Gasteiger partial charge in [0.05, 0.1) is 27.4 Å². The molecule has 4 atom stereocenters. The lowest BCUT2D eigenvalue weighted by Gasteiger charge is -2.39. The maximum Gasteiger partial charge on any atom is 0.314 e. The van der Waals surface area contributed by atoms with Crippen molar-refractivity contribution in [2.45, 2.75) is 43.8 Å². The van der Waals surface area contributed by atoms with Crippen LogP contribution in [0.1, 0.15) is 6.92 Å². The Morgan fingerprint density at radius 2 is 1.87 bits per heavy atom. The number of hydrogen-bond acceptors (Lipinski definition) is 5. The van der Waals surface area contributed by atoms with Crippen LogP contribution < -0.4 is 5.19 Å². The maximum absolute atomic E-state index is 12.1. The first-order chi connectivity index (χ1) is 10.8. The van der Waals surface area contributed by atoms with E-state index in [1.54, 1.807) is 0 Å². The zero-order valence-electron chi connectivity index (χ0n) is 13.7. The van der Waals surface area contributed by atoms with Gasteiger partial charge in [0.2, 0.25) is 0 Å². The molecule has 0 radical (unpaired) electrons. The van der Waals surface area contributed by atoms with Crippen LogP contribution in [0.3, 0.4) is 0 Å². The van der Waals surface area contributed by atoms with E-state index in [1.807, 2.05) is 43.4 Å². The van der Waals surface area contributed by atoms with E-state index < -0.39 is 37.8 Å². The standard InChI is InChI=1S/C15H23N3O4Si/c1-10(19)13(20)14(12(17-18-16)15(21)22-2)23(3,4)11-8-6-5-7-9-11/h5-10,12-14,19-20H,1-4H3/t10-,12+,13-,14-/m0/s1. The second-order valence-electron chi connectivity index (χ2n) is 6.02. The highest BCUT2D eigenvalue weighted by atomic mass is 28.3. The summed E-state index contributed by atoms with van der Waals surface area (Å²) in [6, 6.07) is 8.25. The first-order valence-corrected chi connectivity index (χ1v) is 10.4. The van der Waals surface area contributed by atoms with Crippen LogP contribution >= 0.6 is 0 Å². The fraction of sp³-hybridized carbons (Fsp3) is 0.533. The molecule has 0 spiro atoms. The van der Waals surface area contributed by atoms with E-state index in [9.17, 15) is 15.0 Å². The van der Waals surface area contributed by atoms with E-state index >= 15 is 0 Å². The van der Waals surface area contributed by atoms with E-state index in [2.05, 4.69) is 10.0 Å². The Bertz CT molecular complexity index is 573. The molecule has 0 fully saturated rings. The molecule has 7 nitrogen and oxygen atoms in total. The molecule has 0 aliphatic carbocycles. The smallest absolute Gasteiger partial charge is 0.314 e. The van der Waals surface area contributed by atoms with Crippen LogP contribution in [0.25, 0.3) is 10.4 Å². The molecule has 0 unspecified atom stereocenters. The number of azide groups is 1. The Kier molecular flexibility index (Phi) is 6.77. The van der Waals surface area contributed by atoms with Crippen molar-refractivity contribution in [3.8, 4) is 0 Å². The third-order valence-corrected chi connectivity index (χ3v) is 8.32. The van der Waals surface area contributed by atoms with Crippen molar-refractivity contribution in [1.82, 2.24) is 0 Å². The van der Waals surface area contributed by atoms with Gasteiger partial charge >= 0.3 is 5.97 Å². The monoisotopic (exact) mass is 337 g/mol. The van der Waals surface area contributed by atoms with Crippen molar-refractivity contribution in [3.05, 3.63) is 40.8 Å². The number of benzene rings is 1. The first kappa shape index (κ1) is 19.2. The Hall–Kier alpha value is -1.86. The summed E-state index contributed by atoms with van der Waals surface area (Å²) in [5.41, 5.74) is 8.08. The van der Waals surface area contributed by atoms with Gasteiger partial charge in [0.1, 0.15) is 6.04 Å². The van der Waals surface area contributed by atoms with Crippen LogP contribution in [0.15, 0.2) is 35.4 Å². The van der Waals surface area contributed by atoms with Gasteiger partial charge in [-0.05, 0) is 12.5 Å². The average molecular weight is 337 g/mol. The molecule has 0 saturated carbocycles. The average Bonchev–Trinajstić information content (AvgIpc) is 2.54. The number of carbonyl (C=O) groups is 1. The van der Waals surface area contributed by atoms with E-state index in [4.69, 9.17) is 10.3 Å². The van der Waals surface area contributed by atoms with Crippen molar-refractivity contribution in [2.24, 2.45) is 5.11 Å². The molecule has 1 aromatic carbocycles. The number of aliphatic hydroxyl groups is 2. The highest BCUT2D eigenvalue weighted by molar-refractivity contribution is 6.91. The van der Waals surface area contributed by atoms with E-state index in [1.165, 1.54) is 14.0 Å². The Labute approximate surface area is 136 Å². The van der Waals surface area contributed by atoms with Gasteiger partial charge in [-0.2, -0.15) is 0 Å². The van der Waals surface area contributed by atoms with Crippen molar-refractivity contribution in [2.75, 3.05) is 7.11 Å². The van der Waals surface area contributed by atoms with Gasteiger partial charge in [0.25, 0.3) is 0 Å². The largest absolute Gasteiger partial charge is 0.469 e. The number of hydrogen-bond donors (Lipinski definition) is 2. The fourth-order valence-corrected chi connectivity index (χ4v) is 6.37. The lowest BCUT2D eigenvalue weighted by atomic mass is 10.1. The number of methoxy groups -OCH3 is 1. The lowest BCUT2D eigenvalue weighted by Crippen LogP contribution is -2.57. The number of esters is 1. The lowest BCUT2D eigenvalue weighted by molar-refractivity contribution is -0.143. The summed E-state index contributed by atoms with van der Waals surface area (Å²) in [5, 5.41) is 24.9. The van der Waals surface area contributed by atoms with Crippen molar-refractivity contribution >= 4 is 19.2 Å². The van der Waals surface area contributed by atoms with E-state index in [0.717, 1.165) is 5.19 Å². The minimum absolute atomic E-state index is 0.719. The van der Waals surface area contributed by atoms with Gasteiger partial charge in [-0.1, -0.05) is 53.7 Å². The molecule has 0 amide bonds. The third kappa shape index (κ3) is 4.32. The summed E-state index contributed by atoms with van der Waals surface area (Å²) in [6.07, 6.45) is -2.29. The molecule has 23 heavy (non-hydrogen) atoms. The molecule has 0 saturated heterocycles. The molecule has 126 valence electrons. The van der Waals surface area contributed by atoms with Crippen LogP contribution in [0.4, 0.5) is 0 Å². The number of aliphatic hydroxyl groups excluding tert-OH is 2. The molecule has 0 bridgehead atoms. The predicted octanol–water partition coefficient (Wildman–Crippen LogP) is 1.57. The molecule has 2 N–H and O–H groups in total. The number of ether oxygens (including phenoxy) is 1. The van der Waals surface area contributed by atoms with Crippen LogP contribution in [0, 0.1) is 0 Å². The highest BCUT2D eigenvalue weighted by Gasteiger charge is 2.47. The van der Waals surface area contributed by atoms with Gasteiger partial charge in [-0.3, -0.25) is 4.79 Å². The minimum atomic E-state index is -2.49. The van der Waals surface area contributed by atoms with Crippen molar-refractivity contribution in [1.29, 1.82) is 0 Å². The Morgan fingerprint density at radius 1 is 1.30 bits per heavy atom. The second kappa shape index (κ2) is 8.12. The third-order valence-electron chi connectivity index (χ3n) is 4.17. The molecule has 0 aliphatic rings. The normalized spacial score (nSPS) is 16.6. The second-order valence-corrected chi connectivity index (χ2v) is 10.7. The first-order valence-electron chi connectivity index (χ1n) is 7.31. The van der Waals surface area contributed by atoms with Crippen molar-refractivity contribution in [3.63, 3.8) is 0 Å².